The van der Waals surface area contributed by atoms with Crippen LogP contribution < -0.4 is 70.6 Å². The topological polar surface area (TPSA) is 52.0 Å². The molecule has 12 heavy (non-hydrogen) atoms. The van der Waals surface area contributed by atoms with Crippen LogP contribution in [0.5, 0.6) is 0 Å². The molecule has 0 bridgehead atoms. The normalized spacial score (nSPS) is 7.67. The molecule has 2 nitrogen and oxygen atoms in total. The minimum absolute atomic E-state index is 0. The maximum atomic E-state index is 5.23. The molecular weight excluding hydrogens is 250 g/mol. The molecule has 0 amide bonds. The molecule has 0 saturated heterocycles. The van der Waals surface area contributed by atoms with E-state index in [2.05, 4.69) is 24.4 Å². The van der Waals surface area contributed by atoms with Gasteiger partial charge in [-0.3, -0.25) is 0 Å². The summed E-state index contributed by atoms with van der Waals surface area (Å²) < 4.78 is 0.951. The molecule has 0 aliphatic heterocycles. The predicted molar refractivity (Wildman–Crippen MR) is 58.5 cm³/mol. The van der Waals surface area contributed by atoms with Crippen molar-refractivity contribution in [3.8, 4) is 0 Å². The maximum absolute atomic E-state index is 5.23. The third-order valence-corrected chi connectivity index (χ3v) is 2.92. The Balaban J connectivity index is -0.000000405. The van der Waals surface area contributed by atoms with E-state index in [1.165, 1.54) is 23.5 Å². The van der Waals surface area contributed by atoms with E-state index in [0.29, 0.717) is 8.64 Å². The van der Waals surface area contributed by atoms with Crippen LogP contribution >= 0.6 is 48.0 Å². The molecule has 58 valence electrons. The van der Waals surface area contributed by atoms with Crippen molar-refractivity contribution in [2.45, 2.75) is 0 Å². The summed E-state index contributed by atoms with van der Waals surface area (Å²) in [6.07, 6.45) is 0. The predicted octanol–water partition coefficient (Wildman–Crippen LogP) is -5.05. The molecule has 0 heterocycles. The molecule has 0 aromatic heterocycles. The SMILES string of the molecule is NC(=S)SCCSC(N)=S.[Na+].[Na+]. The van der Waals surface area contributed by atoms with Gasteiger partial charge in [0.25, 0.3) is 0 Å². The van der Waals surface area contributed by atoms with Gasteiger partial charge < -0.3 is 11.5 Å². The third-order valence-electron chi connectivity index (χ3n) is 0.572. The van der Waals surface area contributed by atoms with Gasteiger partial charge in [-0.1, -0.05) is 48.0 Å². The van der Waals surface area contributed by atoms with E-state index in [9.17, 15) is 0 Å². The van der Waals surface area contributed by atoms with Crippen LogP contribution in [0.15, 0.2) is 0 Å². The molecule has 0 atom stereocenters. The molecular formula is C4H8N2Na2S4+2. The average molecular weight is 258 g/mol. The number of hydrogen-bond donors (Lipinski definition) is 2. The van der Waals surface area contributed by atoms with Gasteiger partial charge in [0.2, 0.25) is 0 Å². The Hall–Kier alpha value is 2.48. The standard InChI is InChI=1S/C4H8N2S4.2Na/c5-3(7)9-1-2-10-4(6)8;;/h1-2H2,(H2,5,7)(H2,6,8);;/q;2*+1. The van der Waals surface area contributed by atoms with Crippen LogP contribution in [0.25, 0.3) is 0 Å². The molecule has 0 fully saturated rings. The van der Waals surface area contributed by atoms with Gasteiger partial charge in [-0.05, 0) is 0 Å². The molecule has 4 N–H and O–H groups in total. The van der Waals surface area contributed by atoms with Gasteiger partial charge in [-0.15, -0.1) is 0 Å². The first-order valence-corrected chi connectivity index (χ1v) is 5.26. The number of rotatable bonds is 3. The molecule has 0 rings (SSSR count). The van der Waals surface area contributed by atoms with Crippen molar-refractivity contribution >= 4 is 56.6 Å². The number of nitrogens with two attached hydrogens (primary N) is 2. The number of thiocarbonyl (C=S) groups is 2. The van der Waals surface area contributed by atoms with Crippen LogP contribution in [-0.4, -0.2) is 20.1 Å². The van der Waals surface area contributed by atoms with Crippen LogP contribution in [0.1, 0.15) is 0 Å². The van der Waals surface area contributed by atoms with Crippen LogP contribution in [-0.2, 0) is 0 Å². The molecule has 0 aromatic carbocycles. The molecule has 0 unspecified atom stereocenters. The minimum Gasteiger partial charge on any atom is -0.385 e. The van der Waals surface area contributed by atoms with Gasteiger partial charge in [-0.25, -0.2) is 0 Å². The summed E-state index contributed by atoms with van der Waals surface area (Å²) in [4.78, 5) is 0. The monoisotopic (exact) mass is 258 g/mol. The first-order chi connectivity index (χ1) is 4.63. The number of thioether (sulfide) groups is 2. The van der Waals surface area contributed by atoms with Crippen molar-refractivity contribution in [2.75, 3.05) is 11.5 Å². The summed E-state index contributed by atoms with van der Waals surface area (Å²) >= 11 is 12.2. The summed E-state index contributed by atoms with van der Waals surface area (Å²) in [6, 6.07) is 0. The zero-order valence-corrected chi connectivity index (χ0v) is 14.5. The van der Waals surface area contributed by atoms with E-state index >= 15 is 0 Å². The van der Waals surface area contributed by atoms with E-state index < -0.39 is 0 Å². The Morgan fingerprint density at radius 2 is 1.17 bits per heavy atom. The van der Waals surface area contributed by atoms with Crippen LogP contribution in [0.3, 0.4) is 0 Å². The van der Waals surface area contributed by atoms with Crippen LogP contribution in [0, 0.1) is 0 Å². The fraction of sp³-hybridized carbons (Fsp3) is 0.500. The fourth-order valence-electron chi connectivity index (χ4n) is 0.285. The van der Waals surface area contributed by atoms with Crippen molar-refractivity contribution < 1.29 is 59.1 Å². The second kappa shape index (κ2) is 13.5. The molecule has 8 heteroatoms. The van der Waals surface area contributed by atoms with Crippen molar-refractivity contribution in [3.05, 3.63) is 0 Å². The van der Waals surface area contributed by atoms with Crippen molar-refractivity contribution in [1.82, 2.24) is 0 Å². The summed E-state index contributed by atoms with van der Waals surface area (Å²) in [7, 11) is 0. The van der Waals surface area contributed by atoms with E-state index in [-0.39, 0.29) is 59.1 Å². The second-order valence-corrected chi connectivity index (χ2v) is 5.00. The van der Waals surface area contributed by atoms with Gasteiger partial charge in [0.05, 0.1) is 0 Å². The molecule has 0 aromatic rings. The van der Waals surface area contributed by atoms with Crippen molar-refractivity contribution in [3.63, 3.8) is 0 Å². The number of hydrogen-bond acceptors (Lipinski definition) is 4. The smallest absolute Gasteiger partial charge is 0.385 e. The first kappa shape index (κ1) is 20.0. The summed E-state index contributed by atoms with van der Waals surface area (Å²) in [5.74, 6) is 1.74. The molecule has 0 saturated carbocycles. The van der Waals surface area contributed by atoms with E-state index in [1.54, 1.807) is 0 Å². The molecule has 0 spiro atoms. The van der Waals surface area contributed by atoms with Gasteiger partial charge in [0.1, 0.15) is 8.64 Å². The summed E-state index contributed by atoms with van der Waals surface area (Å²) in [6.45, 7) is 0. The Morgan fingerprint density at radius 1 is 0.917 bits per heavy atom. The van der Waals surface area contributed by atoms with Gasteiger partial charge in [0, 0.05) is 11.5 Å². The Labute approximate surface area is 136 Å². The molecule has 0 radical (unpaired) electrons. The van der Waals surface area contributed by atoms with E-state index in [0.717, 1.165) is 11.5 Å². The Morgan fingerprint density at radius 3 is 1.33 bits per heavy atom. The Kier molecular flexibility index (Phi) is 22.4. The van der Waals surface area contributed by atoms with Gasteiger partial charge in [-0.2, -0.15) is 0 Å². The van der Waals surface area contributed by atoms with Crippen LogP contribution in [0.2, 0.25) is 0 Å². The molecule has 0 aliphatic rings. The van der Waals surface area contributed by atoms with Crippen LogP contribution in [0.4, 0.5) is 0 Å². The van der Waals surface area contributed by atoms with Crippen molar-refractivity contribution in [1.29, 1.82) is 0 Å². The van der Waals surface area contributed by atoms with E-state index in [1.807, 2.05) is 0 Å². The zero-order valence-electron chi connectivity index (χ0n) is 7.20. The fourth-order valence-corrected chi connectivity index (χ4v) is 1.85. The summed E-state index contributed by atoms with van der Waals surface area (Å²) in [5, 5.41) is 0. The quantitative estimate of drug-likeness (QED) is 0.300. The third kappa shape index (κ3) is 18.3. The summed E-state index contributed by atoms with van der Waals surface area (Å²) in [5.41, 5.74) is 10.5. The zero-order chi connectivity index (χ0) is 7.98. The Bertz CT molecular complexity index is 127. The van der Waals surface area contributed by atoms with Gasteiger partial charge >= 0.3 is 59.1 Å². The maximum Gasteiger partial charge on any atom is 1.00 e. The second-order valence-electron chi connectivity index (χ2n) is 1.33. The average Bonchev–Trinajstić information content (AvgIpc) is 1.79. The molecule has 0 aliphatic carbocycles. The van der Waals surface area contributed by atoms with Crippen molar-refractivity contribution in [2.24, 2.45) is 11.5 Å². The first-order valence-electron chi connectivity index (χ1n) is 2.47. The van der Waals surface area contributed by atoms with E-state index in [4.69, 9.17) is 11.5 Å². The van der Waals surface area contributed by atoms with Gasteiger partial charge in [0.15, 0.2) is 0 Å². The minimum atomic E-state index is 0. The largest absolute Gasteiger partial charge is 1.00 e.